The zero-order valence-corrected chi connectivity index (χ0v) is 14.8. The molecule has 0 radical (unpaired) electrons. The Kier molecular flexibility index (Phi) is 42.2. The summed E-state index contributed by atoms with van der Waals surface area (Å²) in [7, 11) is 0. The van der Waals surface area contributed by atoms with E-state index in [9.17, 15) is 9.59 Å². The van der Waals surface area contributed by atoms with Gasteiger partial charge in [0.25, 0.3) is 0 Å². The van der Waals surface area contributed by atoms with Crippen LogP contribution in [0.2, 0.25) is 0 Å². The van der Waals surface area contributed by atoms with Crippen LogP contribution in [0.4, 0.5) is 0 Å². The molecule has 0 amide bonds. The zero-order valence-electron chi connectivity index (χ0n) is 10.7. The van der Waals surface area contributed by atoms with Gasteiger partial charge in [-0.15, -0.1) is 0 Å². The van der Waals surface area contributed by atoms with Gasteiger partial charge in [0.15, 0.2) is 0 Å². The van der Waals surface area contributed by atoms with Crippen LogP contribution in [0.1, 0.15) is 15.3 Å². The minimum Gasteiger partial charge on any atom is -1.00 e. The molecule has 0 rings (SSSR count). The van der Waals surface area contributed by atoms with Crippen LogP contribution in [-0.2, 0) is 57.8 Å². The van der Waals surface area contributed by atoms with Crippen molar-refractivity contribution in [2.24, 2.45) is 0 Å². The Hall–Kier alpha value is 1.41. The van der Waals surface area contributed by atoms with Crippen LogP contribution in [0, 0.1) is 0 Å². The van der Waals surface area contributed by atoms with E-state index < -0.39 is 24.1 Å². The van der Waals surface area contributed by atoms with Crippen molar-refractivity contribution in [1.29, 1.82) is 0 Å². The first-order valence-corrected chi connectivity index (χ1v) is 3.06. The summed E-state index contributed by atoms with van der Waals surface area (Å²) in [6.07, 6.45) is -2.70. The molecule has 7 nitrogen and oxygen atoms in total. The molecular weight excluding hydrogens is 299 g/mol. The first-order valence-electron chi connectivity index (χ1n) is 3.06. The van der Waals surface area contributed by atoms with E-state index in [4.69, 9.17) is 10.2 Å². The van der Waals surface area contributed by atoms with Crippen molar-refractivity contribution >= 4 is 11.9 Å². The van der Waals surface area contributed by atoms with Crippen molar-refractivity contribution in [2.45, 2.75) is 26.1 Å². The first-order chi connectivity index (χ1) is 4.95. The Labute approximate surface area is 148 Å². The third kappa shape index (κ3) is 17.8. The van der Waals surface area contributed by atoms with Crippen molar-refractivity contribution in [3.63, 3.8) is 0 Å². The summed E-state index contributed by atoms with van der Waals surface area (Å²) in [6, 6.07) is 0. The fourth-order valence-electron chi connectivity index (χ4n) is 0.270. The molecule has 90 valence electrons. The smallest absolute Gasteiger partial charge is 1.00 e. The molecule has 8 N–H and O–H groups in total. The fourth-order valence-corrected chi connectivity index (χ4v) is 0.270. The Balaban J connectivity index is -0.0000000333. The summed E-state index contributed by atoms with van der Waals surface area (Å²) in [5.41, 5.74) is 0. The minimum absolute atomic E-state index is 0. The largest absolute Gasteiger partial charge is 1.00 e. The van der Waals surface area contributed by atoms with E-state index in [-0.39, 0.29) is 86.7 Å². The Morgan fingerprint density at radius 1 is 1.00 bits per heavy atom. The molecule has 10 heteroatoms. The molecule has 0 heterocycles. The molecule has 0 aromatic heterocycles. The summed E-state index contributed by atoms with van der Waals surface area (Å²) >= 11 is 0. The topological polar surface area (TPSA) is 154 Å². The zero-order chi connectivity index (χ0) is 9.02. The third-order valence-electron chi connectivity index (χ3n) is 0.883. The molecular formula is C6H17N2NaO5Ti2. The molecule has 2 atom stereocenters. The first kappa shape index (κ1) is 36.0. The maximum atomic E-state index is 10.5. The van der Waals surface area contributed by atoms with Gasteiger partial charge in [-0.05, 0) is 13.8 Å². The van der Waals surface area contributed by atoms with Crippen molar-refractivity contribution in [3.05, 3.63) is 0 Å². The number of aliphatic hydroxyl groups is 2. The number of hydrogen-bond acceptors (Lipinski definition) is 7. The van der Waals surface area contributed by atoms with Crippen LogP contribution in [0.5, 0.6) is 0 Å². The average Bonchev–Trinajstić information content (AvgIpc) is 1.87. The summed E-state index contributed by atoms with van der Waals surface area (Å²) in [6.45, 7) is 2.33. The molecule has 0 spiro atoms. The molecule has 0 aromatic carbocycles. The molecule has 0 aromatic rings. The molecule has 0 bridgehead atoms. The quantitative estimate of drug-likeness (QED) is 0.232. The SMILES string of the molecule is CC(O)C(=O)OC(=O)C(C)O.N.N.[H-].[Na+].[Ti].[Ti]. The van der Waals surface area contributed by atoms with Gasteiger partial charge in [-0.1, -0.05) is 0 Å². The molecule has 0 fully saturated rings. The maximum absolute atomic E-state index is 10.5. The van der Waals surface area contributed by atoms with Crippen LogP contribution in [0.25, 0.3) is 0 Å². The van der Waals surface area contributed by atoms with Gasteiger partial charge in [0.1, 0.15) is 12.2 Å². The average molecular weight is 316 g/mol. The number of rotatable bonds is 2. The normalized spacial score (nSPS) is 10.5. The van der Waals surface area contributed by atoms with E-state index in [1.165, 1.54) is 0 Å². The van der Waals surface area contributed by atoms with Gasteiger partial charge in [-0.2, -0.15) is 0 Å². The van der Waals surface area contributed by atoms with E-state index >= 15 is 0 Å². The van der Waals surface area contributed by atoms with E-state index in [0.717, 1.165) is 13.8 Å². The maximum Gasteiger partial charge on any atom is 1.00 e. The van der Waals surface area contributed by atoms with Gasteiger partial charge in [0.2, 0.25) is 0 Å². The van der Waals surface area contributed by atoms with Gasteiger partial charge < -0.3 is 28.7 Å². The number of esters is 2. The van der Waals surface area contributed by atoms with Gasteiger partial charge in [-0.3, -0.25) is 0 Å². The van der Waals surface area contributed by atoms with Crippen LogP contribution < -0.4 is 41.9 Å². The predicted octanol–water partition coefficient (Wildman–Crippen LogP) is -3.75. The second-order valence-electron chi connectivity index (χ2n) is 2.09. The second-order valence-corrected chi connectivity index (χ2v) is 2.09. The molecule has 16 heavy (non-hydrogen) atoms. The van der Waals surface area contributed by atoms with E-state index in [1.807, 2.05) is 0 Å². The number of ether oxygens (including phenoxy) is 1. The van der Waals surface area contributed by atoms with Gasteiger partial charge >= 0.3 is 41.5 Å². The van der Waals surface area contributed by atoms with E-state index in [0.29, 0.717) is 0 Å². The summed E-state index contributed by atoms with van der Waals surface area (Å²) in [5.74, 6) is -2.12. The van der Waals surface area contributed by atoms with Crippen molar-refractivity contribution in [2.75, 3.05) is 0 Å². The Morgan fingerprint density at radius 3 is 1.31 bits per heavy atom. The fraction of sp³-hybridized carbons (Fsp3) is 0.667. The number of carbonyl (C=O) groups excluding carboxylic acids is 2. The summed E-state index contributed by atoms with van der Waals surface area (Å²) < 4.78 is 4.00. The van der Waals surface area contributed by atoms with Crippen molar-refractivity contribution < 1.29 is 99.0 Å². The van der Waals surface area contributed by atoms with E-state index in [2.05, 4.69) is 4.74 Å². The number of aliphatic hydroxyl groups excluding tert-OH is 2. The molecule has 0 aliphatic heterocycles. The van der Waals surface area contributed by atoms with Gasteiger partial charge in [0.05, 0.1) is 0 Å². The van der Waals surface area contributed by atoms with Crippen LogP contribution in [0.3, 0.4) is 0 Å². The van der Waals surface area contributed by atoms with E-state index in [1.54, 1.807) is 0 Å². The Bertz CT molecular complexity index is 170. The predicted molar refractivity (Wildman–Crippen MR) is 45.6 cm³/mol. The van der Waals surface area contributed by atoms with Gasteiger partial charge in [-0.25, -0.2) is 9.59 Å². The molecule has 0 saturated carbocycles. The van der Waals surface area contributed by atoms with Crippen molar-refractivity contribution in [3.8, 4) is 0 Å². The number of hydrogen-bond donors (Lipinski definition) is 4. The molecule has 0 aliphatic carbocycles. The van der Waals surface area contributed by atoms with Crippen LogP contribution in [0.15, 0.2) is 0 Å². The molecule has 0 saturated heterocycles. The number of carbonyl (C=O) groups is 2. The summed E-state index contributed by atoms with van der Waals surface area (Å²) in [5, 5.41) is 17.1. The third-order valence-corrected chi connectivity index (χ3v) is 0.883. The van der Waals surface area contributed by atoms with Crippen LogP contribution >= 0.6 is 0 Å². The van der Waals surface area contributed by atoms with Gasteiger partial charge in [0, 0.05) is 43.4 Å². The monoisotopic (exact) mass is 316 g/mol. The second kappa shape index (κ2) is 18.8. The molecule has 0 aliphatic rings. The Morgan fingerprint density at radius 2 is 1.19 bits per heavy atom. The summed E-state index contributed by atoms with van der Waals surface area (Å²) in [4.78, 5) is 20.9. The molecule has 2 unspecified atom stereocenters. The minimum atomic E-state index is -1.35. The standard InChI is InChI=1S/C6H10O5.2H3N.Na.2Ti.H/c1-3(7)5(9)11-6(10)4(2)8;;;;;;/h3-4,7-8H,1-2H3;2*1H3;;;;/q;;;+1;;;-1. The van der Waals surface area contributed by atoms with Crippen LogP contribution in [-0.4, -0.2) is 34.4 Å². The van der Waals surface area contributed by atoms with Crippen molar-refractivity contribution in [1.82, 2.24) is 12.3 Å².